The van der Waals surface area contributed by atoms with Gasteiger partial charge in [0.25, 0.3) is 5.91 Å². The number of amides is 4. The first kappa shape index (κ1) is 31.6. The summed E-state index contributed by atoms with van der Waals surface area (Å²) in [6.45, 7) is 7.31. The van der Waals surface area contributed by atoms with E-state index in [1.54, 1.807) is 13.8 Å². The monoisotopic (exact) mass is 619 g/mol. The number of carbonyl (C=O) groups is 4. The highest BCUT2D eigenvalue weighted by molar-refractivity contribution is 5.98. The Balaban J connectivity index is 1.31. The summed E-state index contributed by atoms with van der Waals surface area (Å²) < 4.78 is 51.6. The van der Waals surface area contributed by atoms with Gasteiger partial charge in [-0.05, 0) is 43.2 Å². The van der Waals surface area contributed by atoms with E-state index in [1.807, 2.05) is 19.9 Å². The van der Waals surface area contributed by atoms with Crippen molar-refractivity contribution in [3.05, 3.63) is 24.0 Å². The molecule has 2 saturated carbocycles. The molecule has 2 heterocycles. The predicted molar refractivity (Wildman–Crippen MR) is 149 cm³/mol. The van der Waals surface area contributed by atoms with Gasteiger partial charge in [-0.15, -0.1) is 0 Å². The van der Waals surface area contributed by atoms with E-state index < -0.39 is 84.0 Å². The lowest BCUT2D eigenvalue weighted by molar-refractivity contribution is -0.158. The number of nitrogens with one attached hydrogen (secondary N) is 3. The molecule has 0 bridgehead atoms. The van der Waals surface area contributed by atoms with Gasteiger partial charge in [0, 0.05) is 44.9 Å². The van der Waals surface area contributed by atoms with Crippen LogP contribution in [0.4, 0.5) is 18.9 Å². The largest absolute Gasteiger partial charge is 0.478 e. The second-order valence-corrected chi connectivity index (χ2v) is 13.3. The lowest BCUT2D eigenvalue weighted by Crippen LogP contribution is -2.64. The number of nitrogens with zero attached hydrogens (tertiary/aromatic N) is 2. The Kier molecular flexibility index (Phi) is 7.85. The third kappa shape index (κ3) is 5.69. The lowest BCUT2D eigenvalue weighted by atomic mass is 9.80. The highest BCUT2D eigenvalue weighted by Crippen LogP contribution is 2.65. The molecule has 4 aliphatic rings. The quantitative estimate of drug-likeness (QED) is 0.384. The molecule has 44 heavy (non-hydrogen) atoms. The highest BCUT2D eigenvalue weighted by Gasteiger charge is 2.70. The number of nitriles is 1. The van der Waals surface area contributed by atoms with Crippen molar-refractivity contribution in [1.82, 2.24) is 15.5 Å². The molecule has 2 aliphatic heterocycles. The van der Waals surface area contributed by atoms with Crippen molar-refractivity contribution < 1.29 is 41.8 Å². The number of methoxy groups -OCH3 is 1. The first-order valence-corrected chi connectivity index (χ1v) is 14.5. The number of halogens is 3. The second-order valence-electron chi connectivity index (χ2n) is 13.3. The molecule has 6 atom stereocenters. The Bertz CT molecular complexity index is 1420. The van der Waals surface area contributed by atoms with Crippen molar-refractivity contribution in [2.24, 2.45) is 23.2 Å². The molecule has 14 heteroatoms. The van der Waals surface area contributed by atoms with E-state index in [0.29, 0.717) is 0 Å². The van der Waals surface area contributed by atoms with Gasteiger partial charge in [0.1, 0.15) is 29.7 Å². The maximum Gasteiger partial charge on any atom is 0.265 e. The van der Waals surface area contributed by atoms with E-state index in [4.69, 9.17) is 9.47 Å². The zero-order chi connectivity index (χ0) is 32.4. The Morgan fingerprint density at radius 3 is 2.52 bits per heavy atom. The standard InChI is InChI=1S/C30H36F3N5O6/c1-28(2)17-13-38(27(42)23(29(3,4)43-5)37-24(39)14-10-30(32,33)11-14)22(21(17)28)26(41)35-16(12-34)9-20-25(40)36-18-8-15(31)6-7-19(18)44-20/h6-8,14,16-17,20-23H,9-11,13H2,1-5H3,(H,35,41)(H,36,40)(H,37,39)/t16-,17-,20-,21-,22-,23+/m0/s1. The molecule has 0 spiro atoms. The highest BCUT2D eigenvalue weighted by atomic mass is 19.3. The molecule has 238 valence electrons. The van der Waals surface area contributed by atoms with E-state index >= 15 is 0 Å². The molecule has 1 aromatic carbocycles. The molecule has 1 saturated heterocycles. The second kappa shape index (κ2) is 10.9. The van der Waals surface area contributed by atoms with Crippen LogP contribution in [0.3, 0.4) is 0 Å². The Hall–Kier alpha value is -3.86. The van der Waals surface area contributed by atoms with Gasteiger partial charge in [-0.1, -0.05) is 13.8 Å². The molecule has 1 aromatic rings. The van der Waals surface area contributed by atoms with Crippen molar-refractivity contribution >= 4 is 29.3 Å². The Morgan fingerprint density at radius 2 is 1.91 bits per heavy atom. The molecule has 2 aliphatic carbocycles. The number of likely N-dealkylation sites (tertiary alicyclic amines) is 1. The van der Waals surface area contributed by atoms with Crippen molar-refractivity contribution in [3.8, 4) is 11.8 Å². The Labute approximate surface area is 252 Å². The first-order chi connectivity index (χ1) is 20.5. The van der Waals surface area contributed by atoms with Crippen molar-refractivity contribution in [2.75, 3.05) is 19.0 Å². The number of piperidine rings is 1. The molecule has 5 rings (SSSR count). The van der Waals surface area contributed by atoms with Crippen LogP contribution in [0.2, 0.25) is 0 Å². The molecular weight excluding hydrogens is 583 g/mol. The molecule has 0 unspecified atom stereocenters. The van der Waals surface area contributed by atoms with E-state index in [9.17, 15) is 37.6 Å². The summed E-state index contributed by atoms with van der Waals surface area (Å²) in [4.78, 5) is 54.6. The van der Waals surface area contributed by atoms with Crippen LogP contribution in [0.1, 0.15) is 47.0 Å². The summed E-state index contributed by atoms with van der Waals surface area (Å²) in [5.74, 6) is -7.00. The zero-order valence-electron chi connectivity index (χ0n) is 25.1. The fourth-order valence-electron chi connectivity index (χ4n) is 6.63. The summed E-state index contributed by atoms with van der Waals surface area (Å²) in [5.41, 5.74) is -1.38. The van der Waals surface area contributed by atoms with Gasteiger partial charge < -0.3 is 30.3 Å². The summed E-state index contributed by atoms with van der Waals surface area (Å²) in [7, 11) is 1.36. The summed E-state index contributed by atoms with van der Waals surface area (Å²) in [5, 5.41) is 17.7. The van der Waals surface area contributed by atoms with Gasteiger partial charge in [-0.2, -0.15) is 5.26 Å². The minimum absolute atomic E-state index is 0.0283. The van der Waals surface area contributed by atoms with E-state index in [1.165, 1.54) is 24.1 Å². The SMILES string of the molecule is COC(C)(C)[C@H](NC(=O)C1CC(F)(F)C1)C(=O)N1C[C@H]2[C@@H]([C@H]1C(=O)N[C@H](C#N)C[C@@H]1Oc3ccc(F)cc3NC1=O)C2(C)C. The number of hydrogen-bond donors (Lipinski definition) is 3. The molecular formula is C30H36F3N5O6. The fraction of sp³-hybridized carbons (Fsp3) is 0.633. The van der Waals surface area contributed by atoms with Crippen LogP contribution >= 0.6 is 0 Å². The van der Waals surface area contributed by atoms with Gasteiger partial charge in [0.15, 0.2) is 6.10 Å². The number of rotatable bonds is 9. The molecule has 0 aromatic heterocycles. The average Bonchev–Trinajstić information content (AvgIpc) is 3.26. The number of ether oxygens (including phenoxy) is 2. The van der Waals surface area contributed by atoms with Gasteiger partial charge >= 0.3 is 0 Å². The molecule has 11 nitrogen and oxygen atoms in total. The topological polar surface area (TPSA) is 150 Å². The number of hydrogen-bond acceptors (Lipinski definition) is 7. The van der Waals surface area contributed by atoms with Crippen molar-refractivity contribution in [2.45, 2.75) is 82.7 Å². The third-order valence-corrected chi connectivity index (χ3v) is 9.66. The van der Waals surface area contributed by atoms with E-state index in [0.717, 1.165) is 6.07 Å². The number of fused-ring (bicyclic) bond motifs is 2. The minimum Gasteiger partial charge on any atom is -0.478 e. The molecule has 0 radical (unpaired) electrons. The summed E-state index contributed by atoms with van der Waals surface area (Å²) in [6.07, 6.45) is -2.59. The molecule has 4 amide bonds. The van der Waals surface area contributed by atoms with Crippen LogP contribution in [0.15, 0.2) is 18.2 Å². The van der Waals surface area contributed by atoms with Crippen LogP contribution in [0, 0.1) is 40.3 Å². The fourth-order valence-corrected chi connectivity index (χ4v) is 6.63. The third-order valence-electron chi connectivity index (χ3n) is 9.66. The van der Waals surface area contributed by atoms with Gasteiger partial charge in [0.05, 0.1) is 17.4 Å². The number of carbonyl (C=O) groups excluding carboxylic acids is 4. The first-order valence-electron chi connectivity index (χ1n) is 14.5. The van der Waals surface area contributed by atoms with Gasteiger partial charge in [0.2, 0.25) is 23.6 Å². The predicted octanol–water partition coefficient (Wildman–Crippen LogP) is 2.36. The van der Waals surface area contributed by atoms with Gasteiger partial charge in [-0.25, -0.2) is 13.2 Å². The van der Waals surface area contributed by atoms with Gasteiger partial charge in [-0.3, -0.25) is 19.2 Å². The van der Waals surface area contributed by atoms with Crippen LogP contribution < -0.4 is 20.7 Å². The minimum atomic E-state index is -2.93. The van der Waals surface area contributed by atoms with E-state index in [-0.39, 0.29) is 41.7 Å². The number of alkyl halides is 2. The number of benzene rings is 1. The van der Waals surface area contributed by atoms with Crippen LogP contribution in [0.25, 0.3) is 0 Å². The zero-order valence-corrected chi connectivity index (χ0v) is 25.1. The maximum atomic E-state index is 14.0. The molecule has 3 N–H and O–H groups in total. The number of anilines is 1. The van der Waals surface area contributed by atoms with Crippen LogP contribution in [0.5, 0.6) is 5.75 Å². The summed E-state index contributed by atoms with van der Waals surface area (Å²) in [6, 6.07) is 2.14. The Morgan fingerprint density at radius 1 is 1.23 bits per heavy atom. The van der Waals surface area contributed by atoms with Crippen molar-refractivity contribution in [1.29, 1.82) is 5.26 Å². The van der Waals surface area contributed by atoms with Crippen LogP contribution in [-0.2, 0) is 23.9 Å². The van der Waals surface area contributed by atoms with Crippen molar-refractivity contribution in [3.63, 3.8) is 0 Å². The van der Waals surface area contributed by atoms with Crippen LogP contribution in [-0.4, -0.2) is 77.9 Å². The summed E-state index contributed by atoms with van der Waals surface area (Å²) >= 11 is 0. The average molecular weight is 620 g/mol. The maximum absolute atomic E-state index is 14.0. The van der Waals surface area contributed by atoms with E-state index in [2.05, 4.69) is 16.0 Å². The molecule has 3 fully saturated rings. The smallest absolute Gasteiger partial charge is 0.265 e. The lowest BCUT2D eigenvalue weighted by Gasteiger charge is -2.40. The normalized spacial score (nSPS) is 27.7.